The second-order valence-electron chi connectivity index (χ2n) is 2.14. The Bertz CT molecular complexity index is 210. The zero-order valence-corrected chi connectivity index (χ0v) is 6.60. The molecule has 0 spiro atoms. The number of amides is 1. The van der Waals surface area contributed by atoms with Crippen LogP contribution in [0.5, 0.6) is 0 Å². The van der Waals surface area contributed by atoms with Gasteiger partial charge in [-0.15, -0.1) is 17.3 Å². The average molecular weight is 174 g/mol. The molecule has 0 aromatic rings. The molecule has 3 nitrogen and oxygen atoms in total. The number of cyclic esters (lactones) is 1. The van der Waals surface area contributed by atoms with Crippen molar-refractivity contribution in [3.05, 3.63) is 18.4 Å². The maximum Gasteiger partial charge on any atom is 0.408 e. The van der Waals surface area contributed by atoms with Gasteiger partial charge < -0.3 is 10.1 Å². The normalized spacial score (nSPS) is 28.6. The topological polar surface area (TPSA) is 38.3 Å². The summed E-state index contributed by atoms with van der Waals surface area (Å²) in [6, 6.07) is -0.183. The van der Waals surface area contributed by atoms with E-state index >= 15 is 0 Å². The standard InChI is InChI=1S/C7H8ClNO2/c1-2-3-5-6(4-8)11-7(10)9-5/h3,5-6H,1,4H2,(H,9,10). The van der Waals surface area contributed by atoms with Gasteiger partial charge in [0.25, 0.3) is 0 Å². The van der Waals surface area contributed by atoms with E-state index in [-0.39, 0.29) is 18.0 Å². The molecule has 2 atom stereocenters. The number of hydrogen-bond donors (Lipinski definition) is 1. The molecule has 0 aromatic heterocycles. The third kappa shape index (κ3) is 1.76. The second kappa shape index (κ2) is 3.46. The highest BCUT2D eigenvalue weighted by molar-refractivity contribution is 6.18. The Balaban J connectivity index is 2.64. The summed E-state index contributed by atoms with van der Waals surface area (Å²) in [6.45, 7) is 3.39. The largest absolute Gasteiger partial charge is 0.442 e. The van der Waals surface area contributed by atoms with E-state index in [9.17, 15) is 4.79 Å². The van der Waals surface area contributed by atoms with E-state index in [1.54, 1.807) is 6.08 Å². The van der Waals surface area contributed by atoms with Gasteiger partial charge >= 0.3 is 6.09 Å². The van der Waals surface area contributed by atoms with Crippen molar-refractivity contribution in [3.8, 4) is 0 Å². The Morgan fingerprint density at radius 2 is 2.64 bits per heavy atom. The van der Waals surface area contributed by atoms with E-state index < -0.39 is 6.09 Å². The van der Waals surface area contributed by atoms with Gasteiger partial charge in [-0.05, 0) is 6.08 Å². The first-order chi connectivity index (χ1) is 5.27. The molecule has 0 bridgehead atoms. The minimum atomic E-state index is -0.438. The number of carbonyl (C=O) groups excluding carboxylic acids is 1. The third-order valence-corrected chi connectivity index (χ3v) is 1.70. The summed E-state index contributed by atoms with van der Waals surface area (Å²) in [7, 11) is 0. The molecular formula is C7H8ClNO2. The number of carbonyl (C=O) groups is 1. The summed E-state index contributed by atoms with van der Waals surface area (Å²) in [5, 5.41) is 2.55. The highest BCUT2D eigenvalue weighted by atomic mass is 35.5. The summed E-state index contributed by atoms with van der Waals surface area (Å²) in [4.78, 5) is 10.6. The number of hydrogen-bond acceptors (Lipinski definition) is 2. The third-order valence-electron chi connectivity index (χ3n) is 1.39. The van der Waals surface area contributed by atoms with Gasteiger partial charge in [0.15, 0.2) is 0 Å². The molecule has 60 valence electrons. The van der Waals surface area contributed by atoms with Crippen molar-refractivity contribution in [2.45, 2.75) is 12.1 Å². The van der Waals surface area contributed by atoms with Crippen molar-refractivity contribution < 1.29 is 9.53 Å². The molecule has 1 aliphatic heterocycles. The number of alkyl halides is 1. The Morgan fingerprint density at radius 3 is 3.18 bits per heavy atom. The van der Waals surface area contributed by atoms with E-state index in [1.807, 2.05) is 0 Å². The Morgan fingerprint density at radius 1 is 1.91 bits per heavy atom. The van der Waals surface area contributed by atoms with Crippen LogP contribution in [0.3, 0.4) is 0 Å². The van der Waals surface area contributed by atoms with Gasteiger partial charge in [0.2, 0.25) is 0 Å². The molecular weight excluding hydrogens is 166 g/mol. The van der Waals surface area contributed by atoms with E-state index in [4.69, 9.17) is 16.3 Å². The maximum absolute atomic E-state index is 10.6. The lowest BCUT2D eigenvalue weighted by Crippen LogP contribution is -2.29. The lowest BCUT2D eigenvalue weighted by atomic mass is 10.2. The number of alkyl carbamates (subject to hydrolysis) is 1. The van der Waals surface area contributed by atoms with Crippen molar-refractivity contribution in [2.75, 3.05) is 5.88 Å². The van der Waals surface area contributed by atoms with E-state index in [0.717, 1.165) is 0 Å². The van der Waals surface area contributed by atoms with Crippen molar-refractivity contribution in [3.63, 3.8) is 0 Å². The smallest absolute Gasteiger partial charge is 0.408 e. The van der Waals surface area contributed by atoms with Crippen LogP contribution in [0.25, 0.3) is 0 Å². The van der Waals surface area contributed by atoms with Gasteiger partial charge in [0.05, 0.1) is 11.9 Å². The number of nitrogens with one attached hydrogen (secondary N) is 1. The monoisotopic (exact) mass is 173 g/mol. The van der Waals surface area contributed by atoms with Crippen LogP contribution in [-0.4, -0.2) is 24.1 Å². The first kappa shape index (κ1) is 8.18. The Labute approximate surface area is 69.7 Å². The quantitative estimate of drug-likeness (QED) is 0.501. The highest BCUT2D eigenvalue weighted by Gasteiger charge is 2.31. The van der Waals surface area contributed by atoms with Crippen molar-refractivity contribution in [2.24, 2.45) is 0 Å². The molecule has 1 N–H and O–H groups in total. The fraction of sp³-hybridized carbons (Fsp3) is 0.429. The predicted octanol–water partition coefficient (Wildman–Crippen LogP) is 1.04. The van der Waals surface area contributed by atoms with Gasteiger partial charge in [-0.2, -0.15) is 0 Å². The zero-order chi connectivity index (χ0) is 8.27. The Hall–Kier alpha value is -0.920. The summed E-state index contributed by atoms with van der Waals surface area (Å²) in [6.07, 6.45) is 0.892. The summed E-state index contributed by atoms with van der Waals surface area (Å²) < 4.78 is 4.79. The van der Waals surface area contributed by atoms with Crippen LogP contribution in [0.4, 0.5) is 4.79 Å². The lowest BCUT2D eigenvalue weighted by Gasteiger charge is -2.07. The zero-order valence-electron chi connectivity index (χ0n) is 5.84. The molecule has 0 radical (unpaired) electrons. The van der Waals surface area contributed by atoms with Gasteiger partial charge in [0.1, 0.15) is 6.10 Å². The molecule has 1 aliphatic rings. The molecule has 0 saturated carbocycles. The van der Waals surface area contributed by atoms with Crippen LogP contribution in [0.1, 0.15) is 0 Å². The van der Waals surface area contributed by atoms with E-state index in [0.29, 0.717) is 0 Å². The van der Waals surface area contributed by atoms with Crippen molar-refractivity contribution in [1.29, 1.82) is 0 Å². The van der Waals surface area contributed by atoms with Gasteiger partial charge in [0, 0.05) is 0 Å². The van der Waals surface area contributed by atoms with E-state index in [2.05, 4.69) is 17.6 Å². The number of halogens is 1. The summed E-state index contributed by atoms with van der Waals surface area (Å²) >= 11 is 5.52. The summed E-state index contributed by atoms with van der Waals surface area (Å²) in [5.74, 6) is 0.279. The fourth-order valence-corrected chi connectivity index (χ4v) is 1.13. The van der Waals surface area contributed by atoms with Crippen LogP contribution in [-0.2, 0) is 4.74 Å². The molecule has 1 amide bonds. The maximum atomic E-state index is 10.6. The fourth-order valence-electron chi connectivity index (χ4n) is 0.877. The van der Waals surface area contributed by atoms with Crippen LogP contribution in [0.2, 0.25) is 0 Å². The minimum absolute atomic E-state index is 0.183. The molecule has 0 aliphatic carbocycles. The molecule has 4 heteroatoms. The minimum Gasteiger partial charge on any atom is -0.442 e. The average Bonchev–Trinajstić information content (AvgIpc) is 2.32. The predicted molar refractivity (Wildman–Crippen MR) is 41.6 cm³/mol. The molecule has 2 unspecified atom stereocenters. The molecule has 11 heavy (non-hydrogen) atoms. The molecule has 1 fully saturated rings. The molecule has 1 saturated heterocycles. The van der Waals surface area contributed by atoms with Gasteiger partial charge in [-0.3, -0.25) is 0 Å². The SMILES string of the molecule is C=C=CC1NC(=O)OC1CCl. The first-order valence-electron chi connectivity index (χ1n) is 3.17. The molecule has 1 rings (SSSR count). The van der Waals surface area contributed by atoms with E-state index in [1.165, 1.54) is 0 Å². The lowest BCUT2D eigenvalue weighted by molar-refractivity contribution is 0.146. The van der Waals surface area contributed by atoms with Crippen molar-refractivity contribution in [1.82, 2.24) is 5.32 Å². The van der Waals surface area contributed by atoms with Crippen LogP contribution in [0.15, 0.2) is 18.4 Å². The van der Waals surface area contributed by atoms with Crippen LogP contribution in [0, 0.1) is 0 Å². The number of ether oxygens (including phenoxy) is 1. The van der Waals surface area contributed by atoms with Crippen LogP contribution < -0.4 is 5.32 Å². The Kier molecular flexibility index (Phi) is 2.58. The highest BCUT2D eigenvalue weighted by Crippen LogP contribution is 2.10. The van der Waals surface area contributed by atoms with Gasteiger partial charge in [-0.25, -0.2) is 4.79 Å². The van der Waals surface area contributed by atoms with Crippen molar-refractivity contribution >= 4 is 17.7 Å². The number of rotatable bonds is 2. The van der Waals surface area contributed by atoms with Crippen LogP contribution >= 0.6 is 11.6 Å². The molecule has 1 heterocycles. The summed E-state index contributed by atoms with van der Waals surface area (Å²) in [5.41, 5.74) is 2.57. The first-order valence-corrected chi connectivity index (χ1v) is 3.70. The van der Waals surface area contributed by atoms with Gasteiger partial charge in [-0.1, -0.05) is 6.58 Å². The second-order valence-corrected chi connectivity index (χ2v) is 2.45. The molecule has 0 aromatic carbocycles.